The molecule has 0 radical (unpaired) electrons. The van der Waals surface area contributed by atoms with Crippen LogP contribution in [0.25, 0.3) is 0 Å². The van der Waals surface area contributed by atoms with E-state index in [1.54, 1.807) is 11.7 Å². The summed E-state index contributed by atoms with van der Waals surface area (Å²) in [6.45, 7) is 0.573. The number of aromatic amines is 1. The summed E-state index contributed by atoms with van der Waals surface area (Å²) < 4.78 is 2.07. The van der Waals surface area contributed by atoms with Gasteiger partial charge in [-0.1, -0.05) is 42.5 Å². The van der Waals surface area contributed by atoms with Crippen LogP contribution >= 0.6 is 12.2 Å². The molecule has 5 nitrogen and oxygen atoms in total. The van der Waals surface area contributed by atoms with Crippen LogP contribution in [0.15, 0.2) is 30.3 Å². The molecule has 0 saturated heterocycles. The van der Waals surface area contributed by atoms with Crippen LogP contribution in [0.1, 0.15) is 16.1 Å². The molecule has 6 heteroatoms. The zero-order valence-corrected chi connectivity index (χ0v) is 10.1. The average molecular weight is 248 g/mol. The number of carbonyl (C=O) groups is 1. The normalized spacial score (nSPS) is 10.2. The molecule has 1 heterocycles. The molecule has 1 aromatic heterocycles. The molecule has 2 aromatic rings. The van der Waals surface area contributed by atoms with Gasteiger partial charge in [0.15, 0.2) is 10.3 Å². The molecular weight excluding hydrogens is 236 g/mol. The number of aromatic nitrogens is 3. The molecule has 1 amide bonds. The first-order valence-electron chi connectivity index (χ1n) is 5.13. The third-order valence-corrected chi connectivity index (χ3v) is 2.77. The Kier molecular flexibility index (Phi) is 3.34. The summed E-state index contributed by atoms with van der Waals surface area (Å²) in [7, 11) is 1.55. The molecule has 0 fully saturated rings. The summed E-state index contributed by atoms with van der Waals surface area (Å²) in [6, 6.07) is 9.83. The number of nitrogens with zero attached hydrogens (tertiary/aromatic N) is 2. The zero-order chi connectivity index (χ0) is 12.3. The van der Waals surface area contributed by atoms with Gasteiger partial charge in [-0.05, 0) is 5.56 Å². The van der Waals surface area contributed by atoms with Crippen LogP contribution in [-0.4, -0.2) is 27.9 Å². The molecule has 0 spiro atoms. The maximum absolute atomic E-state index is 11.4. The van der Waals surface area contributed by atoms with Gasteiger partial charge in [-0.2, -0.15) is 5.10 Å². The Morgan fingerprint density at radius 2 is 2.18 bits per heavy atom. The molecule has 0 aliphatic heterocycles. The molecule has 2 N–H and O–H groups in total. The minimum absolute atomic E-state index is 0.249. The van der Waals surface area contributed by atoms with E-state index in [0.29, 0.717) is 11.2 Å². The van der Waals surface area contributed by atoms with Gasteiger partial charge in [0, 0.05) is 7.05 Å². The quantitative estimate of drug-likeness (QED) is 0.806. The molecule has 0 unspecified atom stereocenters. The van der Waals surface area contributed by atoms with E-state index in [2.05, 4.69) is 15.6 Å². The lowest BCUT2D eigenvalue weighted by Crippen LogP contribution is -2.18. The number of rotatable bonds is 3. The lowest BCUT2D eigenvalue weighted by molar-refractivity contribution is 0.0957. The van der Waals surface area contributed by atoms with Crippen molar-refractivity contribution in [1.29, 1.82) is 0 Å². The van der Waals surface area contributed by atoms with Crippen LogP contribution in [0.3, 0.4) is 0 Å². The van der Waals surface area contributed by atoms with Gasteiger partial charge in [0.05, 0.1) is 6.54 Å². The second kappa shape index (κ2) is 4.92. The highest BCUT2D eigenvalue weighted by Gasteiger charge is 2.11. The molecule has 0 saturated carbocycles. The van der Waals surface area contributed by atoms with Crippen LogP contribution in [0.5, 0.6) is 0 Å². The largest absolute Gasteiger partial charge is 0.354 e. The lowest BCUT2D eigenvalue weighted by Gasteiger charge is -2.01. The van der Waals surface area contributed by atoms with Crippen LogP contribution in [0, 0.1) is 4.64 Å². The van der Waals surface area contributed by atoms with Gasteiger partial charge in [0.25, 0.3) is 5.91 Å². The highest BCUT2D eigenvalue weighted by atomic mass is 32.1. The maximum atomic E-state index is 11.4. The van der Waals surface area contributed by atoms with E-state index in [0.717, 1.165) is 5.56 Å². The maximum Gasteiger partial charge on any atom is 0.274 e. The Bertz CT molecular complexity index is 573. The smallest absolute Gasteiger partial charge is 0.274 e. The number of H-pyrrole nitrogens is 1. The summed E-state index contributed by atoms with van der Waals surface area (Å²) >= 11 is 5.18. The topological polar surface area (TPSA) is 62.7 Å². The molecule has 2 rings (SSSR count). The first-order chi connectivity index (χ1) is 8.22. The van der Waals surface area contributed by atoms with E-state index in [1.807, 2.05) is 30.3 Å². The fraction of sp³-hybridized carbons (Fsp3) is 0.182. The third-order valence-electron chi connectivity index (χ3n) is 2.36. The van der Waals surface area contributed by atoms with Crippen LogP contribution < -0.4 is 5.32 Å². The van der Waals surface area contributed by atoms with E-state index in [1.165, 1.54) is 0 Å². The van der Waals surface area contributed by atoms with Crippen molar-refractivity contribution in [3.63, 3.8) is 0 Å². The van der Waals surface area contributed by atoms with Gasteiger partial charge < -0.3 is 5.32 Å². The Morgan fingerprint density at radius 3 is 2.82 bits per heavy atom. The van der Waals surface area contributed by atoms with Gasteiger partial charge in [-0.25, -0.2) is 5.21 Å². The minimum atomic E-state index is -0.280. The fourth-order valence-corrected chi connectivity index (χ4v) is 1.71. The van der Waals surface area contributed by atoms with Crippen molar-refractivity contribution in [3.05, 3.63) is 46.2 Å². The molecule has 88 valence electrons. The van der Waals surface area contributed by atoms with Gasteiger partial charge in [-0.3, -0.25) is 9.48 Å². The second-order valence-corrected chi connectivity index (χ2v) is 3.90. The Balaban J connectivity index is 2.27. The van der Waals surface area contributed by atoms with Gasteiger partial charge in [-0.15, -0.1) is 0 Å². The summed E-state index contributed by atoms with van der Waals surface area (Å²) in [5.74, 6) is -0.280. The monoisotopic (exact) mass is 248 g/mol. The van der Waals surface area contributed by atoms with Crippen molar-refractivity contribution in [2.45, 2.75) is 6.54 Å². The molecule has 1 aromatic carbocycles. The van der Waals surface area contributed by atoms with Crippen molar-refractivity contribution in [3.8, 4) is 0 Å². The van der Waals surface area contributed by atoms with Crippen LogP contribution in [0.2, 0.25) is 0 Å². The van der Waals surface area contributed by atoms with E-state index in [9.17, 15) is 4.79 Å². The molecule has 0 atom stereocenters. The predicted molar refractivity (Wildman–Crippen MR) is 66.3 cm³/mol. The van der Waals surface area contributed by atoms with Crippen molar-refractivity contribution in [1.82, 2.24) is 20.3 Å². The Labute approximate surface area is 103 Å². The molecule has 0 aliphatic rings. The molecular formula is C11H12N4OS. The van der Waals surface area contributed by atoms with Gasteiger partial charge in [0.1, 0.15) is 0 Å². The number of amides is 1. The zero-order valence-electron chi connectivity index (χ0n) is 9.30. The molecule has 0 bridgehead atoms. The number of hydrogen-bond donors (Lipinski definition) is 2. The average Bonchev–Trinajstić information content (AvgIpc) is 2.72. The van der Waals surface area contributed by atoms with Crippen LogP contribution in [0.4, 0.5) is 0 Å². The van der Waals surface area contributed by atoms with Gasteiger partial charge >= 0.3 is 0 Å². The number of hydrogen-bond acceptors (Lipinski definition) is 3. The molecule has 17 heavy (non-hydrogen) atoms. The third kappa shape index (κ3) is 2.42. The summed E-state index contributed by atoms with van der Waals surface area (Å²) in [6.07, 6.45) is 0. The highest BCUT2D eigenvalue weighted by Crippen LogP contribution is 2.04. The van der Waals surface area contributed by atoms with Crippen molar-refractivity contribution < 1.29 is 4.79 Å². The van der Waals surface area contributed by atoms with Gasteiger partial charge in [0.2, 0.25) is 0 Å². The SMILES string of the molecule is CNC(=O)c1n[nH]n(Cc2ccccc2)c1=S. The summed E-state index contributed by atoms with van der Waals surface area (Å²) in [5.41, 5.74) is 1.34. The first kappa shape index (κ1) is 11.5. The summed E-state index contributed by atoms with van der Waals surface area (Å²) in [4.78, 5) is 11.4. The standard InChI is InChI=1S/C11H12N4OS/c1-12-10(16)9-11(17)15(14-13-9)7-8-5-3-2-4-6-8/h2-6,14H,7H2,1H3,(H,12,16). The number of nitrogens with one attached hydrogen (secondary N) is 2. The van der Waals surface area contributed by atoms with Crippen molar-refractivity contribution in [2.75, 3.05) is 7.05 Å². The second-order valence-electron chi connectivity index (χ2n) is 3.52. The summed E-state index contributed by atoms with van der Waals surface area (Å²) in [5, 5.41) is 9.14. The van der Waals surface area contributed by atoms with E-state index in [4.69, 9.17) is 12.2 Å². The van der Waals surface area contributed by atoms with Crippen LogP contribution in [-0.2, 0) is 6.54 Å². The highest BCUT2D eigenvalue weighted by molar-refractivity contribution is 7.71. The van der Waals surface area contributed by atoms with E-state index in [-0.39, 0.29) is 11.6 Å². The number of benzene rings is 1. The fourth-order valence-electron chi connectivity index (χ4n) is 1.47. The predicted octanol–water partition coefficient (Wildman–Crippen LogP) is 1.35. The van der Waals surface area contributed by atoms with E-state index < -0.39 is 0 Å². The first-order valence-corrected chi connectivity index (χ1v) is 5.54. The molecule has 0 aliphatic carbocycles. The lowest BCUT2D eigenvalue weighted by atomic mass is 10.2. The van der Waals surface area contributed by atoms with E-state index >= 15 is 0 Å². The number of carbonyl (C=O) groups excluding carboxylic acids is 1. The Hall–Kier alpha value is -1.95. The minimum Gasteiger partial charge on any atom is -0.354 e. The van der Waals surface area contributed by atoms with Crippen molar-refractivity contribution >= 4 is 18.1 Å². The Morgan fingerprint density at radius 1 is 1.47 bits per heavy atom. The van der Waals surface area contributed by atoms with Crippen molar-refractivity contribution in [2.24, 2.45) is 0 Å².